The molecule has 0 saturated carbocycles. The van der Waals surface area contributed by atoms with Gasteiger partial charge in [0.25, 0.3) is 5.91 Å². The largest absolute Gasteiger partial charge is 0.368 e. The summed E-state index contributed by atoms with van der Waals surface area (Å²) < 4.78 is 5.69. The van der Waals surface area contributed by atoms with Crippen LogP contribution in [0, 0.1) is 5.92 Å². The smallest absolute Gasteiger partial charge is 0.254 e. The molecule has 170 valence electrons. The predicted octanol–water partition coefficient (Wildman–Crippen LogP) is 1.39. The first-order chi connectivity index (χ1) is 13.1. The van der Waals surface area contributed by atoms with E-state index in [9.17, 15) is 9.59 Å². The third-order valence-corrected chi connectivity index (χ3v) is 6.73. The Balaban J connectivity index is 0.00000210. The highest BCUT2D eigenvalue weighted by atomic mass is 35.5. The van der Waals surface area contributed by atoms with Crippen LogP contribution < -0.4 is 5.32 Å². The van der Waals surface area contributed by atoms with Crippen LogP contribution in [0.1, 0.15) is 39.0 Å². The Bertz CT molecular complexity index is 516. The number of methoxy groups -OCH3 is 1. The molecule has 9 heteroatoms. The van der Waals surface area contributed by atoms with Crippen LogP contribution in [-0.2, 0) is 14.3 Å². The molecule has 0 radical (unpaired) electrons. The van der Waals surface area contributed by atoms with Gasteiger partial charge in [-0.2, -0.15) is 0 Å². The van der Waals surface area contributed by atoms with Crippen molar-refractivity contribution < 1.29 is 14.3 Å². The van der Waals surface area contributed by atoms with Crippen LogP contribution >= 0.6 is 24.8 Å². The van der Waals surface area contributed by atoms with Crippen molar-refractivity contribution in [1.82, 2.24) is 20.0 Å². The van der Waals surface area contributed by atoms with E-state index in [2.05, 4.69) is 17.1 Å². The fraction of sp³-hybridized carbons (Fsp3) is 0.900. The van der Waals surface area contributed by atoms with Gasteiger partial charge in [-0.05, 0) is 51.2 Å². The zero-order valence-corrected chi connectivity index (χ0v) is 19.5. The molecule has 0 unspecified atom stereocenters. The number of halogens is 2. The number of hydrogen-bond acceptors (Lipinski definition) is 5. The SMILES string of the molecule is CCN1CCN(C(=O)CC2CCN(C(=O)C3(OC)CCNCC3)CC2)CC1.Cl.Cl. The lowest BCUT2D eigenvalue weighted by atomic mass is 9.87. The van der Waals surface area contributed by atoms with Crippen molar-refractivity contribution >= 4 is 36.6 Å². The first-order valence-corrected chi connectivity index (χ1v) is 10.6. The highest BCUT2D eigenvalue weighted by Crippen LogP contribution is 2.29. The van der Waals surface area contributed by atoms with Crippen molar-refractivity contribution in [2.45, 2.75) is 44.6 Å². The zero-order valence-electron chi connectivity index (χ0n) is 17.9. The van der Waals surface area contributed by atoms with Gasteiger partial charge in [0.15, 0.2) is 0 Å². The van der Waals surface area contributed by atoms with Crippen LogP contribution in [0.25, 0.3) is 0 Å². The van der Waals surface area contributed by atoms with Gasteiger partial charge in [-0.15, -0.1) is 24.8 Å². The van der Waals surface area contributed by atoms with Crippen LogP contribution in [0.4, 0.5) is 0 Å². The Morgan fingerprint density at radius 3 is 2.07 bits per heavy atom. The Morgan fingerprint density at radius 1 is 0.966 bits per heavy atom. The lowest BCUT2D eigenvalue weighted by Gasteiger charge is -2.41. The van der Waals surface area contributed by atoms with Crippen molar-refractivity contribution in [2.24, 2.45) is 5.92 Å². The Labute approximate surface area is 187 Å². The number of piperazine rings is 1. The standard InChI is InChI=1S/C20H36N4O3.2ClH/c1-3-22-12-14-23(15-13-22)18(25)16-17-4-10-24(11-5-17)19(26)20(27-2)6-8-21-9-7-20;;/h17,21H,3-16H2,1-2H3;2*1H. The van der Waals surface area contributed by atoms with Crippen LogP contribution in [0.5, 0.6) is 0 Å². The van der Waals surface area contributed by atoms with E-state index in [0.717, 1.165) is 84.6 Å². The normalized spacial score (nSPS) is 23.1. The summed E-state index contributed by atoms with van der Waals surface area (Å²) in [6.07, 6.45) is 3.96. The summed E-state index contributed by atoms with van der Waals surface area (Å²) in [5, 5.41) is 3.30. The van der Waals surface area contributed by atoms with Gasteiger partial charge in [0, 0.05) is 52.8 Å². The maximum absolute atomic E-state index is 13.0. The molecule has 0 spiro atoms. The lowest BCUT2D eigenvalue weighted by molar-refractivity contribution is -0.159. The van der Waals surface area contributed by atoms with Gasteiger partial charge >= 0.3 is 0 Å². The average Bonchev–Trinajstić information content (AvgIpc) is 2.74. The maximum atomic E-state index is 13.0. The number of likely N-dealkylation sites (tertiary alicyclic amines) is 1. The fourth-order valence-corrected chi connectivity index (χ4v) is 4.65. The van der Waals surface area contributed by atoms with Crippen molar-refractivity contribution in [3.63, 3.8) is 0 Å². The summed E-state index contributed by atoms with van der Waals surface area (Å²) in [5.74, 6) is 0.839. The van der Waals surface area contributed by atoms with Gasteiger partial charge < -0.3 is 24.8 Å². The number of carbonyl (C=O) groups is 2. The first-order valence-electron chi connectivity index (χ1n) is 10.6. The molecule has 0 aromatic carbocycles. The number of rotatable bonds is 5. The minimum atomic E-state index is -0.646. The van der Waals surface area contributed by atoms with Crippen molar-refractivity contribution in [3.05, 3.63) is 0 Å². The molecule has 3 aliphatic heterocycles. The number of hydrogen-bond donors (Lipinski definition) is 1. The van der Waals surface area contributed by atoms with Crippen LogP contribution in [0.15, 0.2) is 0 Å². The molecule has 3 saturated heterocycles. The highest BCUT2D eigenvalue weighted by Gasteiger charge is 2.43. The lowest BCUT2D eigenvalue weighted by Crippen LogP contribution is -2.56. The van der Waals surface area contributed by atoms with Crippen LogP contribution in [-0.4, -0.2) is 98.1 Å². The monoisotopic (exact) mass is 452 g/mol. The third kappa shape index (κ3) is 6.44. The summed E-state index contributed by atoms with van der Waals surface area (Å²) in [5.41, 5.74) is -0.646. The molecular weight excluding hydrogens is 415 g/mol. The highest BCUT2D eigenvalue weighted by molar-refractivity contribution is 5.86. The Kier molecular flexibility index (Phi) is 11.2. The van der Waals surface area contributed by atoms with Gasteiger partial charge in [-0.1, -0.05) is 6.92 Å². The van der Waals surface area contributed by atoms with Crippen LogP contribution in [0.3, 0.4) is 0 Å². The minimum absolute atomic E-state index is 0. The van der Waals surface area contributed by atoms with Gasteiger partial charge in [0.2, 0.25) is 5.91 Å². The predicted molar refractivity (Wildman–Crippen MR) is 119 cm³/mol. The fourth-order valence-electron chi connectivity index (χ4n) is 4.65. The Hall–Kier alpha value is -0.600. The molecular formula is C20H38Cl2N4O3. The molecule has 3 fully saturated rings. The third-order valence-electron chi connectivity index (χ3n) is 6.73. The van der Waals surface area contributed by atoms with E-state index in [-0.39, 0.29) is 30.7 Å². The molecule has 3 aliphatic rings. The van der Waals surface area contributed by atoms with E-state index >= 15 is 0 Å². The molecule has 29 heavy (non-hydrogen) atoms. The number of carbonyl (C=O) groups excluding carboxylic acids is 2. The first kappa shape index (κ1) is 26.4. The topological polar surface area (TPSA) is 65.1 Å². The second kappa shape index (κ2) is 12.3. The second-order valence-corrected chi connectivity index (χ2v) is 8.20. The Morgan fingerprint density at radius 2 is 1.55 bits per heavy atom. The van der Waals surface area contributed by atoms with E-state index in [4.69, 9.17) is 4.74 Å². The van der Waals surface area contributed by atoms with Gasteiger partial charge in [0.1, 0.15) is 5.60 Å². The van der Waals surface area contributed by atoms with Gasteiger partial charge in [-0.25, -0.2) is 0 Å². The molecule has 7 nitrogen and oxygen atoms in total. The minimum Gasteiger partial charge on any atom is -0.368 e. The van der Waals surface area contributed by atoms with Crippen molar-refractivity contribution in [3.8, 4) is 0 Å². The van der Waals surface area contributed by atoms with Crippen LogP contribution in [0.2, 0.25) is 0 Å². The maximum Gasteiger partial charge on any atom is 0.254 e. The summed E-state index contributed by atoms with van der Waals surface area (Å²) in [7, 11) is 1.66. The van der Waals surface area contributed by atoms with Gasteiger partial charge in [0.05, 0.1) is 0 Å². The van der Waals surface area contributed by atoms with Crippen molar-refractivity contribution in [1.29, 1.82) is 0 Å². The quantitative estimate of drug-likeness (QED) is 0.682. The van der Waals surface area contributed by atoms with E-state index < -0.39 is 5.60 Å². The zero-order chi connectivity index (χ0) is 19.3. The second-order valence-electron chi connectivity index (χ2n) is 8.20. The van der Waals surface area contributed by atoms with Gasteiger partial charge in [-0.3, -0.25) is 9.59 Å². The van der Waals surface area contributed by atoms with E-state index in [1.54, 1.807) is 7.11 Å². The number of ether oxygens (including phenoxy) is 1. The molecule has 0 bridgehead atoms. The van der Waals surface area contributed by atoms with E-state index in [1.165, 1.54) is 0 Å². The molecule has 0 atom stereocenters. The molecule has 0 aliphatic carbocycles. The molecule has 3 rings (SSSR count). The average molecular weight is 453 g/mol. The van der Waals surface area contributed by atoms with E-state index in [1.807, 2.05) is 9.80 Å². The number of amides is 2. The van der Waals surface area contributed by atoms with E-state index in [0.29, 0.717) is 18.2 Å². The molecule has 0 aromatic rings. The summed E-state index contributed by atoms with van der Waals surface area (Å²) in [4.78, 5) is 32.0. The number of likely N-dealkylation sites (N-methyl/N-ethyl adjacent to an activating group) is 1. The number of nitrogens with zero attached hydrogens (tertiary/aromatic N) is 3. The number of nitrogens with one attached hydrogen (secondary N) is 1. The summed E-state index contributed by atoms with van der Waals surface area (Å²) in [6.45, 7) is 10.1. The molecule has 3 heterocycles. The number of piperidine rings is 2. The summed E-state index contributed by atoms with van der Waals surface area (Å²) in [6, 6.07) is 0. The molecule has 0 aromatic heterocycles. The summed E-state index contributed by atoms with van der Waals surface area (Å²) >= 11 is 0. The molecule has 1 N–H and O–H groups in total. The van der Waals surface area contributed by atoms with Crippen molar-refractivity contribution in [2.75, 3.05) is 66.0 Å². The molecule has 2 amide bonds.